The number of hydrogen-bond acceptors (Lipinski definition) is 6. The molecule has 1 N–H and O–H groups in total. The van der Waals surface area contributed by atoms with E-state index in [2.05, 4.69) is 0 Å². The van der Waals surface area contributed by atoms with Crippen LogP contribution in [0.3, 0.4) is 0 Å². The molecule has 23 heavy (non-hydrogen) atoms. The Kier molecular flexibility index (Phi) is 5.82. The molecular weight excluding hydrogens is 300 g/mol. The number of carbonyl (C=O) groups is 1. The van der Waals surface area contributed by atoms with Crippen LogP contribution in [0.1, 0.15) is 15.9 Å². The summed E-state index contributed by atoms with van der Waals surface area (Å²) in [4.78, 5) is 11.0. The van der Waals surface area contributed by atoms with Crippen LogP contribution in [0.15, 0.2) is 36.4 Å². The Morgan fingerprint density at radius 3 is 2.43 bits per heavy atom. The lowest BCUT2D eigenvalue weighted by molar-refractivity contribution is 0.00404. The SMILES string of the molecule is COc1ccc(OCOCc2cc(OC)ccc2O)c(C=O)c1. The van der Waals surface area contributed by atoms with E-state index in [4.69, 9.17) is 18.9 Å². The van der Waals surface area contributed by atoms with Crippen molar-refractivity contribution in [2.75, 3.05) is 21.0 Å². The number of phenols is 1. The molecule has 0 spiro atoms. The van der Waals surface area contributed by atoms with E-state index < -0.39 is 0 Å². The Labute approximate surface area is 134 Å². The van der Waals surface area contributed by atoms with Crippen molar-refractivity contribution in [3.63, 3.8) is 0 Å². The third-order valence-electron chi connectivity index (χ3n) is 3.19. The Morgan fingerprint density at radius 2 is 1.74 bits per heavy atom. The van der Waals surface area contributed by atoms with Crippen LogP contribution in [0.5, 0.6) is 23.0 Å². The summed E-state index contributed by atoms with van der Waals surface area (Å²) in [5, 5.41) is 9.75. The fourth-order valence-corrected chi connectivity index (χ4v) is 1.94. The molecule has 0 saturated carbocycles. The zero-order valence-corrected chi connectivity index (χ0v) is 12.9. The highest BCUT2D eigenvalue weighted by Gasteiger charge is 2.07. The highest BCUT2D eigenvalue weighted by Crippen LogP contribution is 2.25. The minimum atomic E-state index is -0.0657. The van der Waals surface area contributed by atoms with Crippen LogP contribution in [0.2, 0.25) is 0 Å². The topological polar surface area (TPSA) is 74.2 Å². The molecule has 0 atom stereocenters. The molecule has 2 aromatic rings. The predicted octanol–water partition coefficient (Wildman–Crippen LogP) is 2.78. The number of benzene rings is 2. The van der Waals surface area contributed by atoms with E-state index in [1.54, 1.807) is 37.4 Å². The molecular formula is C17H18O6. The molecule has 0 saturated heterocycles. The molecule has 0 fully saturated rings. The first-order valence-electron chi connectivity index (χ1n) is 6.87. The van der Waals surface area contributed by atoms with Gasteiger partial charge in [-0.15, -0.1) is 0 Å². The number of ether oxygens (including phenoxy) is 4. The number of methoxy groups -OCH3 is 2. The first-order valence-corrected chi connectivity index (χ1v) is 6.87. The second-order valence-electron chi connectivity index (χ2n) is 4.63. The lowest BCUT2D eigenvalue weighted by atomic mass is 10.2. The van der Waals surface area contributed by atoms with Gasteiger partial charge in [-0.2, -0.15) is 0 Å². The maximum Gasteiger partial charge on any atom is 0.189 e. The molecule has 0 unspecified atom stereocenters. The zero-order valence-electron chi connectivity index (χ0n) is 12.9. The van der Waals surface area contributed by atoms with Gasteiger partial charge in [-0.3, -0.25) is 4.79 Å². The smallest absolute Gasteiger partial charge is 0.189 e. The van der Waals surface area contributed by atoms with Crippen molar-refractivity contribution in [1.29, 1.82) is 0 Å². The summed E-state index contributed by atoms with van der Waals surface area (Å²) < 4.78 is 20.9. The fourth-order valence-electron chi connectivity index (χ4n) is 1.94. The van der Waals surface area contributed by atoms with E-state index in [-0.39, 0.29) is 19.1 Å². The van der Waals surface area contributed by atoms with Crippen LogP contribution in [0, 0.1) is 0 Å². The van der Waals surface area contributed by atoms with Crippen LogP contribution in [-0.2, 0) is 11.3 Å². The summed E-state index contributed by atoms with van der Waals surface area (Å²) in [5.41, 5.74) is 0.954. The third-order valence-corrected chi connectivity index (χ3v) is 3.19. The summed E-state index contributed by atoms with van der Waals surface area (Å²) in [5.74, 6) is 1.71. The van der Waals surface area contributed by atoms with Gasteiger partial charge in [-0.05, 0) is 36.4 Å². The minimum Gasteiger partial charge on any atom is -0.508 e. The maximum atomic E-state index is 11.0. The maximum absolute atomic E-state index is 11.0. The molecule has 0 aliphatic rings. The van der Waals surface area contributed by atoms with Crippen LogP contribution in [0.4, 0.5) is 0 Å². The van der Waals surface area contributed by atoms with Crippen molar-refractivity contribution >= 4 is 6.29 Å². The van der Waals surface area contributed by atoms with Crippen LogP contribution in [0.25, 0.3) is 0 Å². The molecule has 0 aliphatic heterocycles. The lowest BCUT2D eigenvalue weighted by Crippen LogP contribution is -2.05. The minimum absolute atomic E-state index is 0.0657. The predicted molar refractivity (Wildman–Crippen MR) is 83.3 cm³/mol. The highest BCUT2D eigenvalue weighted by atomic mass is 16.7. The number of carbonyl (C=O) groups excluding carboxylic acids is 1. The van der Waals surface area contributed by atoms with E-state index >= 15 is 0 Å². The number of aldehydes is 1. The van der Waals surface area contributed by atoms with Crippen LogP contribution < -0.4 is 14.2 Å². The van der Waals surface area contributed by atoms with Gasteiger partial charge in [-0.1, -0.05) is 0 Å². The van der Waals surface area contributed by atoms with Crippen molar-refractivity contribution in [1.82, 2.24) is 0 Å². The Hall–Kier alpha value is -2.73. The van der Waals surface area contributed by atoms with Gasteiger partial charge in [0.25, 0.3) is 0 Å². The number of rotatable bonds is 8. The van der Waals surface area contributed by atoms with Crippen molar-refractivity contribution in [3.8, 4) is 23.0 Å². The first-order chi connectivity index (χ1) is 11.2. The van der Waals surface area contributed by atoms with Gasteiger partial charge in [-0.25, -0.2) is 0 Å². The van der Waals surface area contributed by atoms with Gasteiger partial charge in [0.15, 0.2) is 13.1 Å². The molecule has 0 amide bonds. The van der Waals surface area contributed by atoms with Crippen molar-refractivity contribution in [2.24, 2.45) is 0 Å². The van der Waals surface area contributed by atoms with Crippen molar-refractivity contribution in [3.05, 3.63) is 47.5 Å². The average molecular weight is 318 g/mol. The molecule has 6 heteroatoms. The normalized spacial score (nSPS) is 10.2. The van der Waals surface area contributed by atoms with Crippen molar-refractivity contribution in [2.45, 2.75) is 6.61 Å². The van der Waals surface area contributed by atoms with Gasteiger partial charge in [0, 0.05) is 5.56 Å². The third kappa shape index (κ3) is 4.37. The van der Waals surface area contributed by atoms with Gasteiger partial charge in [0.1, 0.15) is 23.0 Å². The summed E-state index contributed by atoms with van der Waals surface area (Å²) in [6.07, 6.45) is 0.686. The van der Waals surface area contributed by atoms with Crippen LogP contribution in [-0.4, -0.2) is 32.4 Å². The molecule has 0 aliphatic carbocycles. The van der Waals surface area contributed by atoms with Gasteiger partial charge in [0.05, 0.1) is 26.4 Å². The Bertz CT molecular complexity index is 668. The molecule has 0 radical (unpaired) electrons. The molecule has 0 aromatic heterocycles. The zero-order chi connectivity index (χ0) is 16.7. The molecule has 122 valence electrons. The quantitative estimate of drug-likeness (QED) is 0.458. The lowest BCUT2D eigenvalue weighted by Gasteiger charge is -2.11. The first kappa shape index (κ1) is 16.6. The average Bonchev–Trinajstić information content (AvgIpc) is 2.60. The number of aromatic hydroxyl groups is 1. The monoisotopic (exact) mass is 318 g/mol. The molecule has 6 nitrogen and oxygen atoms in total. The van der Waals surface area contributed by atoms with E-state index in [1.807, 2.05) is 0 Å². The summed E-state index contributed by atoms with van der Waals surface area (Å²) in [6, 6.07) is 9.77. The van der Waals surface area contributed by atoms with E-state index in [1.165, 1.54) is 13.2 Å². The Morgan fingerprint density at radius 1 is 1.04 bits per heavy atom. The Balaban J connectivity index is 1.92. The standard InChI is InChI=1S/C17H18O6/c1-20-14-3-5-16(19)13(8-14)10-22-11-23-17-6-4-15(21-2)7-12(17)9-18/h3-9,19H,10-11H2,1-2H3. The summed E-state index contributed by atoms with van der Waals surface area (Å²) in [6.45, 7) is 0.0828. The second kappa shape index (κ2) is 8.05. The van der Waals surface area contributed by atoms with Gasteiger partial charge < -0.3 is 24.1 Å². The summed E-state index contributed by atoms with van der Waals surface area (Å²) >= 11 is 0. The van der Waals surface area contributed by atoms with E-state index in [0.717, 1.165) is 0 Å². The van der Waals surface area contributed by atoms with Crippen molar-refractivity contribution < 1.29 is 28.8 Å². The van der Waals surface area contributed by atoms with E-state index in [0.29, 0.717) is 34.7 Å². The molecule has 0 bridgehead atoms. The van der Waals surface area contributed by atoms with Gasteiger partial charge in [0.2, 0.25) is 0 Å². The highest BCUT2D eigenvalue weighted by molar-refractivity contribution is 5.80. The molecule has 2 aromatic carbocycles. The second-order valence-corrected chi connectivity index (χ2v) is 4.63. The number of phenolic OH excluding ortho intramolecular Hbond substituents is 1. The fraction of sp³-hybridized carbons (Fsp3) is 0.235. The summed E-state index contributed by atoms with van der Waals surface area (Å²) in [7, 11) is 3.07. The van der Waals surface area contributed by atoms with Crippen LogP contribution >= 0.6 is 0 Å². The van der Waals surface area contributed by atoms with E-state index in [9.17, 15) is 9.90 Å². The molecule has 0 heterocycles. The molecule has 2 rings (SSSR count). The van der Waals surface area contributed by atoms with Gasteiger partial charge >= 0.3 is 0 Å². The number of hydrogen-bond donors (Lipinski definition) is 1. The largest absolute Gasteiger partial charge is 0.508 e.